The number of methoxy groups -OCH3 is 1. The molecule has 0 bridgehead atoms. The maximum atomic E-state index is 12.7. The van der Waals surface area contributed by atoms with E-state index in [1.807, 2.05) is 6.92 Å². The van der Waals surface area contributed by atoms with Crippen LogP contribution in [0.25, 0.3) is 16.7 Å². The van der Waals surface area contributed by atoms with Gasteiger partial charge in [-0.15, -0.1) is 10.2 Å². The number of carbonyl (C=O) groups excluding carboxylic acids is 1. The Balaban J connectivity index is 1.77. The minimum Gasteiger partial charge on any atom is -0.479 e. The molecule has 0 aliphatic carbocycles. The van der Waals surface area contributed by atoms with Crippen molar-refractivity contribution in [3.05, 3.63) is 74.3 Å². The minimum atomic E-state index is -0.692. The summed E-state index contributed by atoms with van der Waals surface area (Å²) in [4.78, 5) is 35.2. The maximum absolute atomic E-state index is 12.7. The molecule has 11 nitrogen and oxygen atoms in total. The number of para-hydroxylation sites is 1. The van der Waals surface area contributed by atoms with Gasteiger partial charge in [0.15, 0.2) is 11.6 Å². The monoisotopic (exact) mass is 423 g/mol. The quantitative estimate of drug-likeness (QED) is 0.262. The highest BCUT2D eigenvalue weighted by Gasteiger charge is 2.21. The van der Waals surface area contributed by atoms with Crippen LogP contribution in [-0.2, 0) is 17.9 Å². The smallest absolute Gasteiger partial charge is 0.338 e. The van der Waals surface area contributed by atoms with Crippen molar-refractivity contribution in [2.75, 3.05) is 7.11 Å². The van der Waals surface area contributed by atoms with E-state index >= 15 is 0 Å². The zero-order valence-corrected chi connectivity index (χ0v) is 16.6. The molecule has 158 valence electrons. The summed E-state index contributed by atoms with van der Waals surface area (Å²) in [5.41, 5.74) is 0.0744. The summed E-state index contributed by atoms with van der Waals surface area (Å²) in [6.07, 6.45) is 0. The van der Waals surface area contributed by atoms with Gasteiger partial charge in [0.05, 0.1) is 28.5 Å². The maximum Gasteiger partial charge on any atom is 0.338 e. The van der Waals surface area contributed by atoms with E-state index in [-0.39, 0.29) is 29.2 Å². The van der Waals surface area contributed by atoms with Gasteiger partial charge in [-0.2, -0.15) is 0 Å². The first-order valence-corrected chi connectivity index (χ1v) is 9.31. The topological polar surface area (TPSA) is 131 Å². The molecule has 0 aliphatic rings. The van der Waals surface area contributed by atoms with Crippen LogP contribution in [0.15, 0.2) is 47.3 Å². The van der Waals surface area contributed by atoms with Gasteiger partial charge >= 0.3 is 11.7 Å². The molecular weight excluding hydrogens is 406 g/mol. The fourth-order valence-electron chi connectivity index (χ4n) is 3.36. The van der Waals surface area contributed by atoms with Gasteiger partial charge in [-0.3, -0.25) is 23.9 Å². The Hall–Kier alpha value is -4.28. The summed E-state index contributed by atoms with van der Waals surface area (Å²) in [6, 6.07) is 10.8. The van der Waals surface area contributed by atoms with Gasteiger partial charge in [0.1, 0.15) is 6.61 Å². The van der Waals surface area contributed by atoms with Crippen molar-refractivity contribution < 1.29 is 19.2 Å². The first kappa shape index (κ1) is 20.0. The van der Waals surface area contributed by atoms with E-state index in [9.17, 15) is 19.7 Å². The van der Waals surface area contributed by atoms with Crippen LogP contribution in [0, 0.1) is 10.1 Å². The molecule has 2 aromatic heterocycles. The van der Waals surface area contributed by atoms with Crippen molar-refractivity contribution in [1.29, 1.82) is 0 Å². The number of hydrogen-bond donors (Lipinski definition) is 0. The Bertz CT molecular complexity index is 1390. The number of hydrogen-bond acceptors (Lipinski definition) is 8. The van der Waals surface area contributed by atoms with E-state index in [0.29, 0.717) is 29.0 Å². The number of nitro groups is 1. The van der Waals surface area contributed by atoms with Crippen molar-refractivity contribution in [2.24, 2.45) is 0 Å². The summed E-state index contributed by atoms with van der Waals surface area (Å²) < 4.78 is 13.4. The molecular formula is C20H17N5O6. The number of esters is 1. The van der Waals surface area contributed by atoms with Gasteiger partial charge in [-0.05, 0) is 31.2 Å². The largest absolute Gasteiger partial charge is 0.479 e. The molecule has 4 rings (SSSR count). The number of nitro benzene ring substituents is 1. The van der Waals surface area contributed by atoms with E-state index in [1.165, 1.54) is 23.8 Å². The third-order valence-corrected chi connectivity index (χ3v) is 4.82. The van der Waals surface area contributed by atoms with Crippen LogP contribution in [0.5, 0.6) is 5.75 Å². The van der Waals surface area contributed by atoms with Crippen LogP contribution in [-0.4, -0.2) is 37.2 Å². The van der Waals surface area contributed by atoms with E-state index in [2.05, 4.69) is 14.9 Å². The first-order valence-electron chi connectivity index (χ1n) is 9.31. The SMILES string of the molecule is CCn1c(=O)c2ccccc2n2c(COc3ccc(C(=O)OC)cc3[N+](=O)[O-])nnc12. The lowest BCUT2D eigenvalue weighted by molar-refractivity contribution is -0.386. The third-order valence-electron chi connectivity index (χ3n) is 4.82. The molecule has 0 unspecified atom stereocenters. The normalized spacial score (nSPS) is 11.0. The van der Waals surface area contributed by atoms with Gasteiger partial charge in [-0.25, -0.2) is 4.79 Å². The Morgan fingerprint density at radius 2 is 1.97 bits per heavy atom. The number of nitrogens with zero attached hydrogens (tertiary/aromatic N) is 5. The number of ether oxygens (including phenoxy) is 2. The summed E-state index contributed by atoms with van der Waals surface area (Å²) in [7, 11) is 1.19. The second-order valence-electron chi connectivity index (χ2n) is 6.54. The van der Waals surface area contributed by atoms with Crippen LogP contribution in [0.2, 0.25) is 0 Å². The predicted molar refractivity (Wildman–Crippen MR) is 109 cm³/mol. The summed E-state index contributed by atoms with van der Waals surface area (Å²) in [5.74, 6) is -0.0234. The van der Waals surface area contributed by atoms with Gasteiger partial charge in [0.2, 0.25) is 5.78 Å². The molecule has 4 aromatic rings. The molecule has 0 atom stereocenters. The van der Waals surface area contributed by atoms with E-state index in [4.69, 9.17) is 4.74 Å². The first-order chi connectivity index (χ1) is 15.0. The standard InChI is InChI=1S/C20H17N5O6/c1-3-23-18(26)13-6-4-5-7-14(13)24-17(21-22-20(23)24)11-31-16-9-8-12(19(27)30-2)10-15(16)25(28)29/h4-10H,3,11H2,1-2H3. The molecule has 0 saturated carbocycles. The van der Waals surface area contributed by atoms with Gasteiger partial charge < -0.3 is 9.47 Å². The number of benzene rings is 2. The van der Waals surface area contributed by atoms with Crippen LogP contribution < -0.4 is 10.3 Å². The van der Waals surface area contributed by atoms with Crippen molar-refractivity contribution in [1.82, 2.24) is 19.2 Å². The second kappa shape index (κ2) is 7.86. The van der Waals surface area contributed by atoms with Crippen LogP contribution in [0.1, 0.15) is 23.1 Å². The van der Waals surface area contributed by atoms with Gasteiger partial charge in [0, 0.05) is 12.6 Å². The summed E-state index contributed by atoms with van der Waals surface area (Å²) in [6.45, 7) is 2.07. The van der Waals surface area contributed by atoms with E-state index in [1.54, 1.807) is 28.7 Å². The molecule has 2 heterocycles. The molecule has 0 amide bonds. The molecule has 31 heavy (non-hydrogen) atoms. The molecule has 0 aliphatic heterocycles. The molecule has 11 heteroatoms. The summed E-state index contributed by atoms with van der Waals surface area (Å²) in [5, 5.41) is 20.2. The number of rotatable bonds is 6. The molecule has 0 spiro atoms. The summed E-state index contributed by atoms with van der Waals surface area (Å²) >= 11 is 0. The van der Waals surface area contributed by atoms with Crippen LogP contribution >= 0.6 is 0 Å². The van der Waals surface area contributed by atoms with Crippen LogP contribution in [0.3, 0.4) is 0 Å². The van der Waals surface area contributed by atoms with Gasteiger partial charge in [0.25, 0.3) is 5.56 Å². The highest BCUT2D eigenvalue weighted by atomic mass is 16.6. The molecule has 0 radical (unpaired) electrons. The van der Waals surface area contributed by atoms with Crippen molar-refractivity contribution in [2.45, 2.75) is 20.1 Å². The Kier molecular flexibility index (Phi) is 5.07. The molecule has 0 fully saturated rings. The van der Waals surface area contributed by atoms with Crippen molar-refractivity contribution in [3.8, 4) is 5.75 Å². The molecule has 0 saturated heterocycles. The average Bonchev–Trinajstić information content (AvgIpc) is 3.21. The van der Waals surface area contributed by atoms with E-state index in [0.717, 1.165) is 6.07 Å². The zero-order chi connectivity index (χ0) is 22.1. The fourth-order valence-corrected chi connectivity index (χ4v) is 3.36. The molecule has 2 aromatic carbocycles. The van der Waals surface area contributed by atoms with E-state index < -0.39 is 10.9 Å². The highest BCUT2D eigenvalue weighted by Crippen LogP contribution is 2.29. The highest BCUT2D eigenvalue weighted by molar-refractivity contribution is 5.90. The fraction of sp³-hybridized carbons (Fsp3) is 0.200. The van der Waals surface area contributed by atoms with Crippen molar-refractivity contribution >= 4 is 28.3 Å². The lowest BCUT2D eigenvalue weighted by Crippen LogP contribution is -2.22. The third kappa shape index (κ3) is 3.35. The zero-order valence-electron chi connectivity index (χ0n) is 16.6. The minimum absolute atomic E-state index is 0.0347. The Labute approximate surface area is 174 Å². The van der Waals surface area contributed by atoms with Crippen LogP contribution in [0.4, 0.5) is 5.69 Å². The second-order valence-corrected chi connectivity index (χ2v) is 6.54. The average molecular weight is 423 g/mol. The lowest BCUT2D eigenvalue weighted by Gasteiger charge is -2.10. The number of aromatic nitrogens is 4. The Morgan fingerprint density at radius 3 is 2.68 bits per heavy atom. The van der Waals surface area contributed by atoms with Crippen molar-refractivity contribution in [3.63, 3.8) is 0 Å². The number of fused-ring (bicyclic) bond motifs is 3. The number of aryl methyl sites for hydroxylation is 1. The molecule has 0 N–H and O–H groups in total. The Morgan fingerprint density at radius 1 is 1.19 bits per heavy atom. The van der Waals surface area contributed by atoms with Gasteiger partial charge in [-0.1, -0.05) is 12.1 Å². The number of carbonyl (C=O) groups is 1. The predicted octanol–water partition coefficient (Wildman–Crippen LogP) is 2.34. The lowest BCUT2D eigenvalue weighted by atomic mass is 10.2.